The number of nitrogens with zero attached hydrogens (tertiary/aromatic N) is 3. The fourth-order valence-electron chi connectivity index (χ4n) is 4.99. The molecule has 0 atom stereocenters. The van der Waals surface area contributed by atoms with Gasteiger partial charge < -0.3 is 14.0 Å². The van der Waals surface area contributed by atoms with Crippen molar-refractivity contribution in [1.29, 1.82) is 0 Å². The van der Waals surface area contributed by atoms with Gasteiger partial charge in [-0.1, -0.05) is 72.8 Å². The van der Waals surface area contributed by atoms with Crippen LogP contribution in [0.2, 0.25) is 0 Å². The molecule has 43 heavy (non-hydrogen) atoms. The van der Waals surface area contributed by atoms with Crippen LogP contribution in [0, 0.1) is 26.1 Å². The Hall–Kier alpha value is -4.57. The van der Waals surface area contributed by atoms with Crippen molar-refractivity contribution in [1.82, 2.24) is 9.97 Å². The van der Waals surface area contributed by atoms with Crippen LogP contribution in [0.15, 0.2) is 120 Å². The molecule has 5 heteroatoms. The van der Waals surface area contributed by atoms with Gasteiger partial charge in [-0.2, -0.15) is 0 Å². The predicted molar refractivity (Wildman–Crippen MR) is 170 cm³/mol. The normalized spacial score (nSPS) is 10.8. The molecule has 0 fully saturated rings. The van der Waals surface area contributed by atoms with Crippen molar-refractivity contribution in [2.24, 2.45) is 0 Å². The summed E-state index contributed by atoms with van der Waals surface area (Å²) in [5, 5.41) is 2.05. The largest absolute Gasteiger partial charge is 3.00 e. The van der Waals surface area contributed by atoms with E-state index in [1.165, 1.54) is 11.1 Å². The van der Waals surface area contributed by atoms with E-state index < -0.39 is 0 Å². The summed E-state index contributed by atoms with van der Waals surface area (Å²) < 4.78 is 7.96. The van der Waals surface area contributed by atoms with Gasteiger partial charge in [0.25, 0.3) is 0 Å². The molecule has 3 aromatic carbocycles. The van der Waals surface area contributed by atoms with Gasteiger partial charge in [-0.15, -0.1) is 48.5 Å². The van der Waals surface area contributed by atoms with Crippen molar-refractivity contribution in [3.63, 3.8) is 0 Å². The molecule has 4 aromatic heterocycles. The number of aromatic nitrogens is 3. The van der Waals surface area contributed by atoms with Gasteiger partial charge in [0.15, 0.2) is 0 Å². The van der Waals surface area contributed by atoms with E-state index in [0.717, 1.165) is 50.1 Å². The molecule has 0 saturated carbocycles. The SMILES string of the molecule is Cc1ccc2c(n1)oc1c(-c3cc(-c4ccc(C(C)C)cc4)ccn3)[c-]ccc12.[CH2-][n+]1ccccc1-c1[c-]cccc1.[Ir+3]. The van der Waals surface area contributed by atoms with Gasteiger partial charge in [0.1, 0.15) is 5.69 Å². The molecule has 0 saturated heterocycles. The van der Waals surface area contributed by atoms with Gasteiger partial charge in [-0.3, -0.25) is 0 Å². The molecule has 0 amide bonds. The molecule has 0 spiro atoms. The average Bonchev–Trinajstić information content (AvgIpc) is 3.40. The Bertz CT molecular complexity index is 1980. The molecule has 0 aliphatic rings. The maximum Gasteiger partial charge on any atom is 3.00 e. The summed E-state index contributed by atoms with van der Waals surface area (Å²) in [7, 11) is 3.89. The number of benzene rings is 3. The van der Waals surface area contributed by atoms with Gasteiger partial charge in [-0.05, 0) is 59.5 Å². The molecule has 0 aliphatic heterocycles. The van der Waals surface area contributed by atoms with Gasteiger partial charge in [-0.25, -0.2) is 4.98 Å². The van der Waals surface area contributed by atoms with E-state index in [4.69, 9.17) is 4.42 Å². The first-order valence-electron chi connectivity index (χ1n) is 14.0. The van der Waals surface area contributed by atoms with Crippen molar-refractivity contribution in [2.75, 3.05) is 0 Å². The molecular weight excluding hydrogens is 707 g/mol. The molecule has 0 N–H and O–H groups in total. The van der Waals surface area contributed by atoms with E-state index in [9.17, 15) is 0 Å². The van der Waals surface area contributed by atoms with Crippen molar-refractivity contribution >= 4 is 22.1 Å². The maximum absolute atomic E-state index is 6.12. The summed E-state index contributed by atoms with van der Waals surface area (Å²) in [4.78, 5) is 9.14. The van der Waals surface area contributed by atoms with Gasteiger partial charge in [0, 0.05) is 24.3 Å². The number of hydrogen-bond acceptors (Lipinski definition) is 3. The molecular formula is C38H31IrN3O+. The Balaban J connectivity index is 0.000000221. The molecule has 0 bridgehead atoms. The second-order valence-corrected chi connectivity index (χ2v) is 10.5. The van der Waals surface area contributed by atoms with E-state index in [1.54, 1.807) is 0 Å². The Kier molecular flexibility index (Phi) is 9.15. The number of fused-ring (bicyclic) bond motifs is 3. The van der Waals surface area contributed by atoms with Crippen LogP contribution >= 0.6 is 0 Å². The van der Waals surface area contributed by atoms with Crippen LogP contribution in [0.1, 0.15) is 31.0 Å². The minimum absolute atomic E-state index is 0. The molecule has 0 aliphatic carbocycles. The Labute approximate surface area is 266 Å². The summed E-state index contributed by atoms with van der Waals surface area (Å²) in [5.41, 5.74) is 9.85. The van der Waals surface area contributed by atoms with Gasteiger partial charge in [0.2, 0.25) is 5.71 Å². The van der Waals surface area contributed by atoms with E-state index in [0.29, 0.717) is 11.6 Å². The van der Waals surface area contributed by atoms with E-state index in [1.807, 2.05) is 90.6 Å². The van der Waals surface area contributed by atoms with Crippen molar-refractivity contribution in [3.8, 4) is 33.6 Å². The molecule has 0 radical (unpaired) electrons. The zero-order valence-electron chi connectivity index (χ0n) is 24.3. The second kappa shape index (κ2) is 13.2. The Morgan fingerprint density at radius 1 is 0.814 bits per heavy atom. The van der Waals surface area contributed by atoms with Gasteiger partial charge >= 0.3 is 20.1 Å². The fraction of sp³-hybridized carbons (Fsp3) is 0.105. The smallest absolute Gasteiger partial charge is 0.486 e. The summed E-state index contributed by atoms with van der Waals surface area (Å²) >= 11 is 0. The quantitative estimate of drug-likeness (QED) is 0.134. The third kappa shape index (κ3) is 6.44. The van der Waals surface area contributed by atoms with Crippen LogP contribution in [0.25, 0.3) is 55.7 Å². The Morgan fingerprint density at radius 3 is 2.37 bits per heavy atom. The zero-order valence-corrected chi connectivity index (χ0v) is 26.7. The molecule has 4 nitrogen and oxygen atoms in total. The number of aryl methyl sites for hydroxylation is 1. The van der Waals surface area contributed by atoms with Crippen molar-refractivity contribution in [2.45, 2.75) is 26.7 Å². The number of hydrogen-bond donors (Lipinski definition) is 0. The van der Waals surface area contributed by atoms with E-state index >= 15 is 0 Å². The molecule has 4 heterocycles. The Morgan fingerprint density at radius 2 is 1.63 bits per heavy atom. The molecule has 212 valence electrons. The van der Waals surface area contributed by atoms with Crippen LogP contribution in [0.5, 0.6) is 0 Å². The number of rotatable bonds is 4. The first kappa shape index (κ1) is 29.9. The van der Waals surface area contributed by atoms with E-state index in [2.05, 4.69) is 79.4 Å². The first-order valence-corrected chi connectivity index (χ1v) is 14.0. The zero-order chi connectivity index (χ0) is 29.1. The second-order valence-electron chi connectivity index (χ2n) is 10.5. The topological polar surface area (TPSA) is 42.8 Å². The van der Waals surface area contributed by atoms with Gasteiger partial charge in [0.05, 0.1) is 11.8 Å². The predicted octanol–water partition coefficient (Wildman–Crippen LogP) is 9.02. The number of furan rings is 1. The monoisotopic (exact) mass is 738 g/mol. The number of pyridine rings is 3. The van der Waals surface area contributed by atoms with Crippen LogP contribution in [-0.2, 0) is 20.1 Å². The van der Waals surface area contributed by atoms with E-state index in [-0.39, 0.29) is 20.1 Å². The molecule has 0 unspecified atom stereocenters. The summed E-state index contributed by atoms with van der Waals surface area (Å²) in [5.74, 6) is 0.523. The summed E-state index contributed by atoms with van der Waals surface area (Å²) in [6, 6.07) is 41.3. The summed E-state index contributed by atoms with van der Waals surface area (Å²) in [6.45, 7) is 6.38. The van der Waals surface area contributed by atoms with Crippen molar-refractivity contribution in [3.05, 3.63) is 146 Å². The third-order valence-electron chi connectivity index (χ3n) is 7.29. The summed E-state index contributed by atoms with van der Waals surface area (Å²) in [6.07, 6.45) is 3.77. The average molecular weight is 738 g/mol. The fourth-order valence-corrected chi connectivity index (χ4v) is 4.99. The standard InChI is InChI=1S/C26H21N2O.C12H10N.Ir/c1-16(2)18-8-10-19(11-9-18)20-13-14-27-24(15-20)23-6-4-5-21-22-12-7-17(3)28-26(22)29-25(21)23;1-13-10-6-5-9-12(13)11-7-3-2-4-8-11;/h4-5,7-16H,1-3H3;2-7,9-10H,1H2;/q2*-1;+3. The third-order valence-corrected chi connectivity index (χ3v) is 7.29. The van der Waals surface area contributed by atoms with Crippen LogP contribution in [0.3, 0.4) is 0 Å². The van der Waals surface area contributed by atoms with Crippen LogP contribution in [-0.4, -0.2) is 9.97 Å². The molecule has 7 rings (SSSR count). The van der Waals surface area contributed by atoms with Crippen molar-refractivity contribution < 1.29 is 29.1 Å². The maximum atomic E-state index is 6.12. The minimum atomic E-state index is 0. The minimum Gasteiger partial charge on any atom is -0.486 e. The van der Waals surface area contributed by atoms with Crippen LogP contribution in [0.4, 0.5) is 0 Å². The first-order chi connectivity index (χ1) is 20.5. The van der Waals surface area contributed by atoms with Crippen LogP contribution < -0.4 is 4.57 Å². The molecule has 7 aromatic rings.